The molecular weight excluding hydrogens is 282 g/mol. The Balaban J connectivity index is 2.33. The zero-order valence-electron chi connectivity index (χ0n) is 10.5. The van der Waals surface area contributed by atoms with Gasteiger partial charge in [0.2, 0.25) is 5.88 Å². The zero-order valence-corrected chi connectivity index (χ0v) is 12.1. The lowest BCUT2D eigenvalue weighted by Gasteiger charge is -2.07. The molecule has 6 heteroatoms. The third-order valence-electron chi connectivity index (χ3n) is 2.83. The number of methoxy groups -OCH3 is 1. The Bertz CT molecular complexity index is 706. The van der Waals surface area contributed by atoms with Gasteiger partial charge in [-0.1, -0.05) is 0 Å². The molecule has 4 nitrogen and oxygen atoms in total. The molecule has 0 fully saturated rings. The zero-order chi connectivity index (χ0) is 13.4. The minimum Gasteiger partial charge on any atom is -0.481 e. The van der Waals surface area contributed by atoms with Crippen molar-refractivity contribution in [2.24, 2.45) is 0 Å². The summed E-state index contributed by atoms with van der Waals surface area (Å²) in [5, 5.41) is 3.87. The number of fused-ring (bicyclic) bond motifs is 1. The summed E-state index contributed by atoms with van der Waals surface area (Å²) in [5.41, 5.74) is 2.60. The molecule has 3 aromatic heterocycles. The molecular formula is C13H12ClN3OS. The van der Waals surface area contributed by atoms with Gasteiger partial charge in [0, 0.05) is 11.4 Å². The van der Waals surface area contributed by atoms with Crippen LogP contribution < -0.4 is 4.74 Å². The lowest BCUT2D eigenvalue weighted by molar-refractivity contribution is 0.399. The van der Waals surface area contributed by atoms with E-state index in [2.05, 4.69) is 9.97 Å². The first kappa shape index (κ1) is 12.4. The van der Waals surface area contributed by atoms with Crippen molar-refractivity contribution in [2.75, 3.05) is 7.11 Å². The topological polar surface area (TPSA) is 39.9 Å². The third-order valence-corrected chi connectivity index (χ3v) is 3.70. The highest BCUT2D eigenvalue weighted by Gasteiger charge is 2.18. The molecule has 3 heterocycles. The molecule has 0 saturated heterocycles. The smallest absolute Gasteiger partial charge is 0.215 e. The van der Waals surface area contributed by atoms with Crippen LogP contribution in [-0.4, -0.2) is 21.6 Å². The molecule has 0 amide bonds. The van der Waals surface area contributed by atoms with E-state index < -0.39 is 0 Å². The van der Waals surface area contributed by atoms with Crippen molar-refractivity contribution < 1.29 is 4.74 Å². The van der Waals surface area contributed by atoms with E-state index in [-0.39, 0.29) is 5.38 Å². The van der Waals surface area contributed by atoms with Gasteiger partial charge >= 0.3 is 0 Å². The quantitative estimate of drug-likeness (QED) is 0.690. The molecule has 3 aromatic rings. The Hall–Kier alpha value is -1.59. The van der Waals surface area contributed by atoms with E-state index >= 15 is 0 Å². The maximum absolute atomic E-state index is 6.23. The summed E-state index contributed by atoms with van der Waals surface area (Å²) in [6, 6.07) is 5.72. The molecule has 0 spiro atoms. The summed E-state index contributed by atoms with van der Waals surface area (Å²) in [5.74, 6) is 1.36. The average Bonchev–Trinajstić information content (AvgIpc) is 3.04. The van der Waals surface area contributed by atoms with Gasteiger partial charge in [-0.15, -0.1) is 11.6 Å². The number of alkyl halides is 1. The number of nitrogens with zero attached hydrogens (tertiary/aromatic N) is 3. The first-order chi connectivity index (χ1) is 9.20. The molecule has 0 aliphatic rings. The van der Waals surface area contributed by atoms with Crippen molar-refractivity contribution in [3.63, 3.8) is 0 Å². The molecule has 1 atom stereocenters. The second-order valence-corrected chi connectivity index (χ2v) is 5.53. The second-order valence-electron chi connectivity index (χ2n) is 4.10. The molecule has 19 heavy (non-hydrogen) atoms. The van der Waals surface area contributed by atoms with E-state index in [9.17, 15) is 0 Å². The monoisotopic (exact) mass is 293 g/mol. The molecule has 98 valence electrons. The summed E-state index contributed by atoms with van der Waals surface area (Å²) in [6.07, 6.45) is 0. The first-order valence-electron chi connectivity index (χ1n) is 5.80. The number of rotatable bonds is 3. The van der Waals surface area contributed by atoms with Crippen molar-refractivity contribution in [1.82, 2.24) is 14.5 Å². The van der Waals surface area contributed by atoms with Gasteiger partial charge in [0.15, 0.2) is 5.65 Å². The SMILES string of the molecule is COc1ccc2nc(C(C)Cl)n(-c3ccsc3)c2n1. The molecule has 0 aliphatic carbocycles. The van der Waals surface area contributed by atoms with Crippen molar-refractivity contribution in [3.8, 4) is 11.6 Å². The van der Waals surface area contributed by atoms with E-state index in [1.165, 1.54) is 0 Å². The minimum absolute atomic E-state index is 0.194. The summed E-state index contributed by atoms with van der Waals surface area (Å²) in [4.78, 5) is 9.04. The highest BCUT2D eigenvalue weighted by Crippen LogP contribution is 2.29. The van der Waals surface area contributed by atoms with E-state index in [4.69, 9.17) is 16.3 Å². The van der Waals surface area contributed by atoms with Gasteiger partial charge in [-0.2, -0.15) is 16.3 Å². The Kier molecular flexibility index (Phi) is 3.16. The van der Waals surface area contributed by atoms with Crippen LogP contribution in [0.1, 0.15) is 18.1 Å². The molecule has 0 aliphatic heterocycles. The fourth-order valence-electron chi connectivity index (χ4n) is 1.98. The Morgan fingerprint density at radius 1 is 1.32 bits per heavy atom. The van der Waals surface area contributed by atoms with Crippen LogP contribution in [0.2, 0.25) is 0 Å². The van der Waals surface area contributed by atoms with Gasteiger partial charge < -0.3 is 4.74 Å². The average molecular weight is 294 g/mol. The molecule has 0 bridgehead atoms. The van der Waals surface area contributed by atoms with Crippen LogP contribution in [0.5, 0.6) is 5.88 Å². The fourth-order valence-corrected chi connectivity index (χ4v) is 2.74. The highest BCUT2D eigenvalue weighted by atomic mass is 35.5. The summed E-state index contributed by atoms with van der Waals surface area (Å²) >= 11 is 7.86. The van der Waals surface area contributed by atoms with Gasteiger partial charge in [0.1, 0.15) is 11.3 Å². The van der Waals surface area contributed by atoms with Gasteiger partial charge in [0.25, 0.3) is 0 Å². The van der Waals surface area contributed by atoms with Crippen LogP contribution in [0.4, 0.5) is 0 Å². The van der Waals surface area contributed by atoms with Crippen molar-refractivity contribution >= 4 is 34.1 Å². The minimum atomic E-state index is -0.194. The fraction of sp³-hybridized carbons (Fsp3) is 0.231. The van der Waals surface area contributed by atoms with E-state index in [0.29, 0.717) is 5.88 Å². The Labute approximate surface area is 119 Å². The second kappa shape index (κ2) is 4.83. The van der Waals surface area contributed by atoms with Crippen LogP contribution in [0.25, 0.3) is 16.9 Å². The Morgan fingerprint density at radius 3 is 2.79 bits per heavy atom. The van der Waals surface area contributed by atoms with Gasteiger partial charge in [-0.25, -0.2) is 4.98 Å². The van der Waals surface area contributed by atoms with Crippen LogP contribution in [0, 0.1) is 0 Å². The van der Waals surface area contributed by atoms with Gasteiger partial charge in [-0.3, -0.25) is 4.57 Å². The third kappa shape index (κ3) is 2.09. The van der Waals surface area contributed by atoms with Crippen molar-refractivity contribution in [2.45, 2.75) is 12.3 Å². The number of aromatic nitrogens is 3. The number of imidazole rings is 1. The predicted octanol–water partition coefficient (Wildman–Crippen LogP) is 3.79. The number of halogens is 1. The largest absolute Gasteiger partial charge is 0.481 e. The van der Waals surface area contributed by atoms with E-state index in [1.807, 2.05) is 34.4 Å². The number of ether oxygens (including phenoxy) is 1. The lowest BCUT2D eigenvalue weighted by Crippen LogP contribution is -2.01. The van der Waals surface area contributed by atoms with Crippen LogP contribution in [0.15, 0.2) is 29.0 Å². The molecule has 1 unspecified atom stereocenters. The summed E-state index contributed by atoms with van der Waals surface area (Å²) in [7, 11) is 1.60. The maximum atomic E-state index is 6.23. The highest BCUT2D eigenvalue weighted by molar-refractivity contribution is 7.08. The molecule has 0 saturated carbocycles. The van der Waals surface area contributed by atoms with Crippen LogP contribution >= 0.6 is 22.9 Å². The van der Waals surface area contributed by atoms with E-state index in [1.54, 1.807) is 24.5 Å². The summed E-state index contributed by atoms with van der Waals surface area (Å²) in [6.45, 7) is 1.91. The van der Waals surface area contributed by atoms with Crippen molar-refractivity contribution in [3.05, 3.63) is 34.8 Å². The number of thiophene rings is 1. The Morgan fingerprint density at radius 2 is 2.16 bits per heavy atom. The number of hydrogen-bond acceptors (Lipinski definition) is 4. The molecule has 0 aromatic carbocycles. The normalized spacial score (nSPS) is 12.8. The lowest BCUT2D eigenvalue weighted by atomic mass is 10.4. The molecule has 0 radical (unpaired) electrons. The number of hydrogen-bond donors (Lipinski definition) is 0. The van der Waals surface area contributed by atoms with E-state index in [0.717, 1.165) is 22.7 Å². The summed E-state index contributed by atoms with van der Waals surface area (Å²) < 4.78 is 7.16. The molecule has 3 rings (SSSR count). The van der Waals surface area contributed by atoms with Crippen LogP contribution in [0.3, 0.4) is 0 Å². The van der Waals surface area contributed by atoms with Gasteiger partial charge in [-0.05, 0) is 24.4 Å². The first-order valence-corrected chi connectivity index (χ1v) is 7.18. The van der Waals surface area contributed by atoms with Crippen molar-refractivity contribution in [1.29, 1.82) is 0 Å². The molecule has 0 N–H and O–H groups in total. The predicted molar refractivity (Wildman–Crippen MR) is 77.6 cm³/mol. The van der Waals surface area contributed by atoms with Crippen LogP contribution in [-0.2, 0) is 0 Å². The van der Waals surface area contributed by atoms with Gasteiger partial charge in [0.05, 0.1) is 18.2 Å². The maximum Gasteiger partial charge on any atom is 0.215 e. The number of pyridine rings is 1. The standard InChI is InChI=1S/C13H12ClN3OS/c1-8(14)12-15-10-3-4-11(18-2)16-13(10)17(12)9-5-6-19-7-9/h3-8H,1-2H3.